The summed E-state index contributed by atoms with van der Waals surface area (Å²) in [5.41, 5.74) is 8.90. The van der Waals surface area contributed by atoms with E-state index in [0.717, 1.165) is 22.2 Å². The molecule has 0 atom stereocenters. The first-order chi connectivity index (χ1) is 15.5. The minimum Gasteiger partial charge on any atom is -0.494 e. The number of fused-ring (bicyclic) bond motifs is 1. The van der Waals surface area contributed by atoms with Crippen LogP contribution in [-0.4, -0.2) is 39.7 Å². The molecule has 2 heterocycles. The molecule has 0 amide bonds. The van der Waals surface area contributed by atoms with E-state index in [-0.39, 0.29) is 5.69 Å². The number of anilines is 3. The van der Waals surface area contributed by atoms with Gasteiger partial charge in [-0.3, -0.25) is 10.1 Å². The van der Waals surface area contributed by atoms with Gasteiger partial charge in [-0.05, 0) is 12.1 Å². The van der Waals surface area contributed by atoms with Crippen molar-refractivity contribution < 1.29 is 9.66 Å². The van der Waals surface area contributed by atoms with Crippen LogP contribution in [0.4, 0.5) is 23.0 Å². The van der Waals surface area contributed by atoms with Gasteiger partial charge in [0.2, 0.25) is 5.95 Å². The largest absolute Gasteiger partial charge is 0.494 e. The molecule has 10 nitrogen and oxygen atoms in total. The van der Waals surface area contributed by atoms with Gasteiger partial charge in [-0.2, -0.15) is 0 Å². The molecule has 4 N–H and O–H groups in total. The van der Waals surface area contributed by atoms with Gasteiger partial charge < -0.3 is 25.7 Å². The van der Waals surface area contributed by atoms with Gasteiger partial charge >= 0.3 is 0 Å². The maximum Gasteiger partial charge on any atom is 0.294 e. The standard InChI is InChI=1S/C22H23N7O3/c1-28-13-15(14-5-3-4-6-19(14)28)16-7-9-25-22(26-16)27-18-11-20(29(30)31)17(24-10-8-23)12-21(18)32-2/h3-7,9,11-13,24H,8,10,23H2,1-2H3,(H,25,26,27). The fourth-order valence-electron chi connectivity index (χ4n) is 3.57. The van der Waals surface area contributed by atoms with Crippen LogP contribution in [0.5, 0.6) is 5.75 Å². The lowest BCUT2D eigenvalue weighted by Gasteiger charge is -2.13. The second-order valence-corrected chi connectivity index (χ2v) is 7.10. The Morgan fingerprint density at radius 1 is 1.22 bits per heavy atom. The molecule has 2 aromatic heterocycles. The molecular formula is C22H23N7O3. The lowest BCUT2D eigenvalue weighted by atomic mass is 10.1. The number of rotatable bonds is 8. The number of methoxy groups -OCH3 is 1. The Morgan fingerprint density at radius 2 is 2.03 bits per heavy atom. The SMILES string of the molecule is COc1cc(NCCN)c([N+](=O)[O-])cc1Nc1nccc(-c2cn(C)c3ccccc23)n1. The number of nitro groups is 1. The number of nitro benzene ring substituents is 1. The van der Waals surface area contributed by atoms with Gasteiger partial charge in [-0.15, -0.1) is 0 Å². The highest BCUT2D eigenvalue weighted by Crippen LogP contribution is 2.37. The number of aryl methyl sites for hydroxylation is 1. The number of para-hydroxylation sites is 1. The second-order valence-electron chi connectivity index (χ2n) is 7.10. The van der Waals surface area contributed by atoms with Crippen LogP contribution in [-0.2, 0) is 7.05 Å². The third-order valence-electron chi connectivity index (χ3n) is 5.05. The Balaban J connectivity index is 1.72. The van der Waals surface area contributed by atoms with Gasteiger partial charge in [0.1, 0.15) is 11.4 Å². The molecule has 4 rings (SSSR count). The lowest BCUT2D eigenvalue weighted by molar-refractivity contribution is -0.383. The van der Waals surface area contributed by atoms with Crippen LogP contribution in [0.1, 0.15) is 0 Å². The quantitative estimate of drug-likeness (QED) is 0.283. The second kappa shape index (κ2) is 8.90. The minimum absolute atomic E-state index is 0.105. The summed E-state index contributed by atoms with van der Waals surface area (Å²) in [6.07, 6.45) is 3.66. The number of hydrogen-bond donors (Lipinski definition) is 3. The Morgan fingerprint density at radius 3 is 2.78 bits per heavy atom. The highest BCUT2D eigenvalue weighted by molar-refractivity contribution is 5.95. The number of nitrogens with zero attached hydrogens (tertiary/aromatic N) is 4. The Bertz CT molecular complexity index is 1290. The first kappa shape index (κ1) is 21.1. The molecule has 4 aromatic rings. The van der Waals surface area contributed by atoms with E-state index in [1.807, 2.05) is 48.1 Å². The van der Waals surface area contributed by atoms with Crippen LogP contribution in [0.15, 0.2) is 54.9 Å². The van der Waals surface area contributed by atoms with E-state index in [0.29, 0.717) is 36.2 Å². The van der Waals surface area contributed by atoms with E-state index >= 15 is 0 Å². The summed E-state index contributed by atoms with van der Waals surface area (Å²) in [4.78, 5) is 20.0. The molecule has 0 saturated heterocycles. The van der Waals surface area contributed by atoms with E-state index in [9.17, 15) is 10.1 Å². The summed E-state index contributed by atoms with van der Waals surface area (Å²) in [6, 6.07) is 12.8. The van der Waals surface area contributed by atoms with Crippen LogP contribution in [0.2, 0.25) is 0 Å². The predicted octanol–water partition coefficient (Wildman–Crippen LogP) is 3.67. The number of nitrogens with two attached hydrogens (primary N) is 1. The summed E-state index contributed by atoms with van der Waals surface area (Å²) in [7, 11) is 3.48. The van der Waals surface area contributed by atoms with Crippen LogP contribution >= 0.6 is 0 Å². The summed E-state index contributed by atoms with van der Waals surface area (Å²) in [5, 5.41) is 18.7. The molecule has 0 bridgehead atoms. The van der Waals surface area contributed by atoms with Gasteiger partial charge in [0.05, 0.1) is 23.4 Å². The molecule has 0 aliphatic heterocycles. The smallest absolute Gasteiger partial charge is 0.294 e. The van der Waals surface area contributed by atoms with Crippen molar-refractivity contribution in [3.8, 4) is 17.0 Å². The Kier molecular flexibility index (Phi) is 5.86. The van der Waals surface area contributed by atoms with Crippen molar-refractivity contribution in [2.75, 3.05) is 30.8 Å². The average Bonchev–Trinajstić information content (AvgIpc) is 3.14. The maximum absolute atomic E-state index is 11.6. The monoisotopic (exact) mass is 433 g/mol. The molecule has 32 heavy (non-hydrogen) atoms. The van der Waals surface area contributed by atoms with E-state index in [4.69, 9.17) is 10.5 Å². The van der Waals surface area contributed by atoms with Crippen molar-refractivity contribution in [3.63, 3.8) is 0 Å². The zero-order valence-electron chi connectivity index (χ0n) is 17.7. The first-order valence-corrected chi connectivity index (χ1v) is 9.96. The van der Waals surface area contributed by atoms with Crippen molar-refractivity contribution in [3.05, 3.63) is 65.0 Å². The first-order valence-electron chi connectivity index (χ1n) is 9.96. The lowest BCUT2D eigenvalue weighted by Crippen LogP contribution is -2.14. The van der Waals surface area contributed by atoms with Gasteiger partial charge in [0.15, 0.2) is 0 Å². The molecular weight excluding hydrogens is 410 g/mol. The van der Waals surface area contributed by atoms with Gasteiger partial charge in [0, 0.05) is 61.1 Å². The molecule has 10 heteroatoms. The van der Waals surface area contributed by atoms with Crippen LogP contribution in [0, 0.1) is 10.1 Å². The minimum atomic E-state index is -0.461. The fourth-order valence-corrected chi connectivity index (χ4v) is 3.57. The van der Waals surface area contributed by atoms with Crippen molar-refractivity contribution >= 4 is 33.9 Å². The predicted molar refractivity (Wildman–Crippen MR) is 124 cm³/mol. The summed E-state index contributed by atoms with van der Waals surface area (Å²) < 4.78 is 7.47. The number of hydrogen-bond acceptors (Lipinski definition) is 8. The van der Waals surface area contributed by atoms with E-state index in [1.54, 1.807) is 12.3 Å². The van der Waals surface area contributed by atoms with Crippen LogP contribution in [0.3, 0.4) is 0 Å². The summed E-state index contributed by atoms with van der Waals surface area (Å²) in [5.74, 6) is 0.708. The molecule has 2 aromatic carbocycles. The number of nitrogens with one attached hydrogen (secondary N) is 2. The maximum atomic E-state index is 11.6. The highest BCUT2D eigenvalue weighted by Gasteiger charge is 2.20. The van der Waals surface area contributed by atoms with Crippen LogP contribution < -0.4 is 21.1 Å². The third-order valence-corrected chi connectivity index (χ3v) is 5.05. The molecule has 0 aliphatic rings. The van der Waals surface area contributed by atoms with Crippen molar-refractivity contribution in [2.45, 2.75) is 0 Å². The molecule has 164 valence electrons. The van der Waals surface area contributed by atoms with Crippen LogP contribution in [0.25, 0.3) is 22.2 Å². The normalized spacial score (nSPS) is 10.8. The highest BCUT2D eigenvalue weighted by atomic mass is 16.6. The van der Waals surface area contributed by atoms with E-state index in [2.05, 4.69) is 20.6 Å². The van der Waals surface area contributed by atoms with E-state index < -0.39 is 4.92 Å². The van der Waals surface area contributed by atoms with Crippen molar-refractivity contribution in [2.24, 2.45) is 12.8 Å². The molecule has 0 fully saturated rings. The Labute approximate surface area is 184 Å². The number of ether oxygens (including phenoxy) is 1. The van der Waals surface area contributed by atoms with Crippen molar-refractivity contribution in [1.82, 2.24) is 14.5 Å². The molecule has 0 radical (unpaired) electrons. The third kappa shape index (κ3) is 4.03. The number of benzene rings is 2. The fraction of sp³-hybridized carbons (Fsp3) is 0.182. The molecule has 0 unspecified atom stereocenters. The molecule has 0 saturated carbocycles. The van der Waals surface area contributed by atoms with Gasteiger partial charge in [-0.1, -0.05) is 18.2 Å². The van der Waals surface area contributed by atoms with E-state index in [1.165, 1.54) is 13.2 Å². The average molecular weight is 433 g/mol. The summed E-state index contributed by atoms with van der Waals surface area (Å²) in [6.45, 7) is 0.737. The molecule has 0 spiro atoms. The summed E-state index contributed by atoms with van der Waals surface area (Å²) >= 11 is 0. The van der Waals surface area contributed by atoms with Crippen molar-refractivity contribution in [1.29, 1.82) is 0 Å². The topological polar surface area (TPSA) is 133 Å². The molecule has 0 aliphatic carbocycles. The van der Waals surface area contributed by atoms with Gasteiger partial charge in [-0.25, -0.2) is 9.97 Å². The Hall–Kier alpha value is -4.18. The zero-order valence-corrected chi connectivity index (χ0v) is 17.7. The zero-order chi connectivity index (χ0) is 22.7. The van der Waals surface area contributed by atoms with Gasteiger partial charge in [0.25, 0.3) is 5.69 Å². The number of aromatic nitrogens is 3.